The smallest absolute Gasteiger partial charge is 0.00191 e. The summed E-state index contributed by atoms with van der Waals surface area (Å²) < 4.78 is 0. The van der Waals surface area contributed by atoms with E-state index in [0.717, 1.165) is 18.4 Å². The fourth-order valence-electron chi connectivity index (χ4n) is 3.15. The van der Waals surface area contributed by atoms with Gasteiger partial charge in [-0.15, -0.1) is 0 Å². The van der Waals surface area contributed by atoms with E-state index in [2.05, 4.69) is 51.8 Å². The topological polar surface area (TPSA) is 15.3 Å². The number of hydrogen-bond donors (Lipinski definition) is 1. The monoisotopic (exact) mass is 268 g/mol. The lowest BCUT2D eigenvalue weighted by molar-refractivity contribution is 0.200. The van der Waals surface area contributed by atoms with Gasteiger partial charge in [-0.1, -0.05) is 41.5 Å². The Morgan fingerprint density at radius 1 is 1.11 bits per heavy atom. The molecule has 1 saturated heterocycles. The predicted molar refractivity (Wildman–Crippen MR) is 85.5 cm³/mol. The zero-order valence-electron chi connectivity index (χ0n) is 14.1. The van der Waals surface area contributed by atoms with E-state index >= 15 is 0 Å². The van der Waals surface area contributed by atoms with Crippen molar-refractivity contribution in [3.8, 4) is 0 Å². The average Bonchev–Trinajstić information content (AvgIpc) is 2.51. The molecule has 1 aliphatic rings. The average molecular weight is 268 g/mol. The second-order valence-electron chi connectivity index (χ2n) is 7.96. The highest BCUT2D eigenvalue weighted by Crippen LogP contribution is 2.34. The molecule has 0 aromatic carbocycles. The number of hydrogen-bond acceptors (Lipinski definition) is 2. The van der Waals surface area contributed by atoms with Crippen LogP contribution in [0.5, 0.6) is 0 Å². The van der Waals surface area contributed by atoms with Gasteiger partial charge in [-0.2, -0.15) is 0 Å². The molecule has 0 aliphatic carbocycles. The first kappa shape index (κ1) is 17.0. The van der Waals surface area contributed by atoms with Crippen molar-refractivity contribution in [1.29, 1.82) is 0 Å². The van der Waals surface area contributed by atoms with Crippen LogP contribution in [0.1, 0.15) is 60.8 Å². The van der Waals surface area contributed by atoms with Crippen LogP contribution in [0.25, 0.3) is 0 Å². The fourth-order valence-corrected chi connectivity index (χ4v) is 3.15. The first-order chi connectivity index (χ1) is 8.79. The van der Waals surface area contributed by atoms with Crippen LogP contribution in [0.2, 0.25) is 0 Å². The van der Waals surface area contributed by atoms with Gasteiger partial charge < -0.3 is 10.2 Å². The molecule has 2 heteroatoms. The molecule has 0 aromatic rings. The van der Waals surface area contributed by atoms with Crippen LogP contribution in [0.15, 0.2) is 0 Å². The summed E-state index contributed by atoms with van der Waals surface area (Å²) >= 11 is 0. The van der Waals surface area contributed by atoms with Gasteiger partial charge in [0, 0.05) is 12.6 Å². The van der Waals surface area contributed by atoms with Crippen LogP contribution in [0.4, 0.5) is 0 Å². The van der Waals surface area contributed by atoms with E-state index in [1.165, 1.54) is 38.9 Å². The second kappa shape index (κ2) is 7.64. The molecule has 2 unspecified atom stereocenters. The van der Waals surface area contributed by atoms with Crippen LogP contribution in [-0.4, -0.2) is 37.1 Å². The molecule has 2 atom stereocenters. The maximum Gasteiger partial charge on any atom is 0.00191 e. The molecule has 0 spiro atoms. The summed E-state index contributed by atoms with van der Waals surface area (Å²) in [5, 5.41) is 3.56. The Balaban J connectivity index is 2.33. The Morgan fingerprint density at radius 2 is 1.79 bits per heavy atom. The Hall–Kier alpha value is -0.0800. The molecule has 1 fully saturated rings. The lowest BCUT2D eigenvalue weighted by Gasteiger charge is -2.30. The summed E-state index contributed by atoms with van der Waals surface area (Å²) in [5.74, 6) is 1.66. The van der Waals surface area contributed by atoms with Crippen molar-refractivity contribution in [2.75, 3.05) is 26.2 Å². The molecule has 0 amide bonds. The van der Waals surface area contributed by atoms with E-state index in [0.29, 0.717) is 11.5 Å². The van der Waals surface area contributed by atoms with Crippen molar-refractivity contribution in [2.24, 2.45) is 17.3 Å². The van der Waals surface area contributed by atoms with Crippen LogP contribution in [0, 0.1) is 17.3 Å². The minimum atomic E-state index is 0.487. The minimum absolute atomic E-state index is 0.487. The van der Waals surface area contributed by atoms with Gasteiger partial charge in [0.15, 0.2) is 0 Å². The Morgan fingerprint density at radius 3 is 2.37 bits per heavy atom. The lowest BCUT2D eigenvalue weighted by atomic mass is 9.77. The molecule has 19 heavy (non-hydrogen) atoms. The molecule has 114 valence electrons. The molecule has 1 aliphatic heterocycles. The number of nitrogens with one attached hydrogen (secondary N) is 1. The maximum atomic E-state index is 3.56. The van der Waals surface area contributed by atoms with E-state index < -0.39 is 0 Å². The Bertz CT molecular complexity index is 242. The summed E-state index contributed by atoms with van der Waals surface area (Å²) in [5.41, 5.74) is 0.487. The molecular formula is C17H36N2. The first-order valence-electron chi connectivity index (χ1n) is 8.24. The molecule has 0 aromatic heterocycles. The van der Waals surface area contributed by atoms with Gasteiger partial charge in [-0.25, -0.2) is 0 Å². The minimum Gasteiger partial charge on any atom is -0.314 e. The highest BCUT2D eigenvalue weighted by Gasteiger charge is 2.27. The van der Waals surface area contributed by atoms with Gasteiger partial charge in [0.1, 0.15) is 0 Å². The third-order valence-electron chi connectivity index (χ3n) is 4.49. The summed E-state index contributed by atoms with van der Waals surface area (Å²) in [6, 6.07) is 0.608. The van der Waals surface area contributed by atoms with Gasteiger partial charge >= 0.3 is 0 Å². The standard InChI is InChI=1S/C17H36N2/c1-14(2)18-12-15(3)13-19-10-7-8-16(9-11-19)17(4,5)6/h14-16,18H,7-13H2,1-6H3. The van der Waals surface area contributed by atoms with Crippen molar-refractivity contribution in [3.63, 3.8) is 0 Å². The van der Waals surface area contributed by atoms with Crippen molar-refractivity contribution < 1.29 is 0 Å². The van der Waals surface area contributed by atoms with Crippen molar-refractivity contribution in [3.05, 3.63) is 0 Å². The molecule has 1 rings (SSSR count). The van der Waals surface area contributed by atoms with Gasteiger partial charge in [0.2, 0.25) is 0 Å². The van der Waals surface area contributed by atoms with E-state index in [9.17, 15) is 0 Å². The van der Waals surface area contributed by atoms with Crippen LogP contribution in [0.3, 0.4) is 0 Å². The lowest BCUT2D eigenvalue weighted by Crippen LogP contribution is -2.36. The van der Waals surface area contributed by atoms with E-state index in [1.807, 2.05) is 0 Å². The van der Waals surface area contributed by atoms with Gasteiger partial charge in [-0.3, -0.25) is 0 Å². The van der Waals surface area contributed by atoms with Crippen molar-refractivity contribution in [1.82, 2.24) is 10.2 Å². The predicted octanol–water partition coefficient (Wildman–Crippen LogP) is 3.77. The van der Waals surface area contributed by atoms with Crippen LogP contribution >= 0.6 is 0 Å². The zero-order chi connectivity index (χ0) is 14.5. The third-order valence-corrected chi connectivity index (χ3v) is 4.49. The second-order valence-corrected chi connectivity index (χ2v) is 7.96. The summed E-state index contributed by atoms with van der Waals surface area (Å²) in [7, 11) is 0. The molecular weight excluding hydrogens is 232 g/mol. The molecule has 0 bridgehead atoms. The molecule has 1 N–H and O–H groups in total. The highest BCUT2D eigenvalue weighted by molar-refractivity contribution is 4.79. The van der Waals surface area contributed by atoms with E-state index in [-0.39, 0.29) is 0 Å². The largest absolute Gasteiger partial charge is 0.314 e. The van der Waals surface area contributed by atoms with Gasteiger partial charge in [0.05, 0.1) is 0 Å². The quantitative estimate of drug-likeness (QED) is 0.816. The normalized spacial score (nSPS) is 24.5. The Labute approximate surface area is 121 Å². The maximum absolute atomic E-state index is 3.56. The van der Waals surface area contributed by atoms with Crippen molar-refractivity contribution in [2.45, 2.75) is 66.8 Å². The molecule has 1 heterocycles. The van der Waals surface area contributed by atoms with Gasteiger partial charge in [-0.05, 0) is 56.1 Å². The number of likely N-dealkylation sites (tertiary alicyclic amines) is 1. The number of rotatable bonds is 5. The molecule has 0 radical (unpaired) electrons. The molecule has 0 saturated carbocycles. The highest BCUT2D eigenvalue weighted by atomic mass is 15.1. The van der Waals surface area contributed by atoms with Crippen LogP contribution in [-0.2, 0) is 0 Å². The van der Waals surface area contributed by atoms with E-state index in [4.69, 9.17) is 0 Å². The molecule has 2 nitrogen and oxygen atoms in total. The zero-order valence-corrected chi connectivity index (χ0v) is 14.1. The first-order valence-corrected chi connectivity index (χ1v) is 8.24. The SMILES string of the molecule is CC(CNC(C)C)CN1CCCC(C(C)(C)C)CC1. The van der Waals surface area contributed by atoms with Crippen molar-refractivity contribution >= 4 is 0 Å². The summed E-state index contributed by atoms with van der Waals surface area (Å²) in [6.07, 6.45) is 4.18. The summed E-state index contributed by atoms with van der Waals surface area (Å²) in [6.45, 7) is 19.1. The fraction of sp³-hybridized carbons (Fsp3) is 1.00. The number of nitrogens with zero attached hydrogens (tertiary/aromatic N) is 1. The van der Waals surface area contributed by atoms with Gasteiger partial charge in [0.25, 0.3) is 0 Å². The van der Waals surface area contributed by atoms with Crippen LogP contribution < -0.4 is 5.32 Å². The van der Waals surface area contributed by atoms with E-state index in [1.54, 1.807) is 0 Å². The Kier molecular flexibility index (Phi) is 6.82. The third kappa shape index (κ3) is 6.76. The summed E-state index contributed by atoms with van der Waals surface area (Å²) in [4.78, 5) is 2.69.